The van der Waals surface area contributed by atoms with Gasteiger partial charge in [0.25, 0.3) is 10.1 Å². The zero-order valence-electron chi connectivity index (χ0n) is 15.8. The lowest BCUT2D eigenvalue weighted by atomic mass is 9.95. The van der Waals surface area contributed by atoms with Crippen LogP contribution in [0.25, 0.3) is 10.4 Å². The summed E-state index contributed by atoms with van der Waals surface area (Å²) in [6, 6.07) is 6.17. The molecule has 0 radical (unpaired) electrons. The Morgan fingerprint density at radius 3 is 2.64 bits per heavy atom. The maximum absolute atomic E-state index is 12.3. The molecule has 2 saturated heterocycles. The number of benzene rings is 1. The lowest BCUT2D eigenvalue weighted by Gasteiger charge is -2.27. The Morgan fingerprint density at radius 1 is 1.32 bits per heavy atom. The Hall–Kier alpha value is -1.72. The molecule has 1 aromatic carbocycles. The van der Waals surface area contributed by atoms with Crippen LogP contribution in [0.2, 0.25) is 0 Å². The van der Waals surface area contributed by atoms with Crippen LogP contribution in [-0.2, 0) is 28.5 Å². The van der Waals surface area contributed by atoms with E-state index < -0.39 is 53.0 Å². The van der Waals surface area contributed by atoms with Crippen molar-refractivity contribution >= 4 is 10.1 Å². The van der Waals surface area contributed by atoms with Gasteiger partial charge in [-0.1, -0.05) is 22.8 Å². The summed E-state index contributed by atoms with van der Waals surface area (Å²) in [5.41, 5.74) is 9.54. The van der Waals surface area contributed by atoms with Crippen molar-refractivity contribution in [1.82, 2.24) is 0 Å². The molecule has 0 amide bonds. The fourth-order valence-electron chi connectivity index (χ4n) is 3.34. The normalized spacial score (nSPS) is 29.9. The molecule has 28 heavy (non-hydrogen) atoms. The highest BCUT2D eigenvalue weighted by molar-refractivity contribution is 7.86. The molecule has 0 bridgehead atoms. The molecule has 0 aromatic heterocycles. The fraction of sp³-hybridized carbons (Fsp3) is 0.647. The Balaban J connectivity index is 1.68. The van der Waals surface area contributed by atoms with Gasteiger partial charge in [-0.15, -0.1) is 0 Å². The maximum atomic E-state index is 12.3. The van der Waals surface area contributed by atoms with Gasteiger partial charge < -0.3 is 19.3 Å². The molecule has 1 N–H and O–H groups in total. The lowest BCUT2D eigenvalue weighted by molar-refractivity contribution is -0.221. The first-order valence-electron chi connectivity index (χ1n) is 8.79. The topological polar surface area (TPSA) is 140 Å². The van der Waals surface area contributed by atoms with Crippen molar-refractivity contribution in [2.24, 2.45) is 11.0 Å². The van der Waals surface area contributed by atoms with E-state index in [1.54, 1.807) is 26.0 Å². The standard InChI is InChI=1S/C17H23N3O7S/c1-10-4-6-11(7-5-10)28(22,23)24-9-13(21)14-12(8-19-20-18)15-16(25-14)27-17(2,3)26-15/h4-7,12-16,21H,8-9H2,1-3H3/t12-,13-,14+,15-,16-/m1/s1. The van der Waals surface area contributed by atoms with Crippen molar-refractivity contribution in [2.75, 3.05) is 13.2 Å². The number of ether oxygens (including phenoxy) is 3. The van der Waals surface area contributed by atoms with Crippen LogP contribution >= 0.6 is 0 Å². The zero-order valence-corrected chi connectivity index (χ0v) is 16.6. The van der Waals surface area contributed by atoms with Crippen LogP contribution in [-0.4, -0.2) is 57.1 Å². The summed E-state index contributed by atoms with van der Waals surface area (Å²) in [6.07, 6.45) is -3.46. The second-order valence-corrected chi connectivity index (χ2v) is 8.88. The number of hydrogen-bond donors (Lipinski definition) is 1. The molecule has 154 valence electrons. The van der Waals surface area contributed by atoms with Gasteiger partial charge in [0, 0.05) is 17.4 Å². The first-order chi connectivity index (χ1) is 13.1. The predicted octanol–water partition coefficient (Wildman–Crippen LogP) is 1.86. The highest BCUT2D eigenvalue weighted by Gasteiger charge is 2.55. The SMILES string of the molecule is Cc1ccc(S(=O)(=O)OC[C@@H](O)[C@H]2O[C@@H]3OC(C)(C)O[C@@H]3[C@@H]2CN=[N+]=[N-])cc1. The molecule has 2 fully saturated rings. The van der Waals surface area contributed by atoms with E-state index >= 15 is 0 Å². The number of hydrogen-bond acceptors (Lipinski definition) is 8. The molecule has 10 nitrogen and oxygen atoms in total. The largest absolute Gasteiger partial charge is 0.388 e. The molecule has 1 aromatic rings. The summed E-state index contributed by atoms with van der Waals surface area (Å²) >= 11 is 0. The molecule has 0 aliphatic carbocycles. The Bertz CT molecular complexity index is 852. The van der Waals surface area contributed by atoms with Crippen LogP contribution in [0.4, 0.5) is 0 Å². The predicted molar refractivity (Wildman–Crippen MR) is 96.5 cm³/mol. The van der Waals surface area contributed by atoms with Crippen molar-refractivity contribution in [3.05, 3.63) is 40.3 Å². The summed E-state index contributed by atoms with van der Waals surface area (Å²) in [5, 5.41) is 14.1. The zero-order chi connectivity index (χ0) is 20.5. The maximum Gasteiger partial charge on any atom is 0.297 e. The summed E-state index contributed by atoms with van der Waals surface area (Å²) in [5.74, 6) is -1.38. The molecule has 2 aliphatic heterocycles. The van der Waals surface area contributed by atoms with Crippen molar-refractivity contribution in [1.29, 1.82) is 0 Å². The monoisotopic (exact) mass is 413 g/mol. The number of aryl methyl sites for hydroxylation is 1. The molecule has 0 saturated carbocycles. The Kier molecular flexibility index (Phi) is 5.97. The molecule has 0 unspecified atom stereocenters. The van der Waals surface area contributed by atoms with Crippen molar-refractivity contribution < 1.29 is 31.9 Å². The van der Waals surface area contributed by atoms with E-state index in [-0.39, 0.29) is 11.4 Å². The minimum Gasteiger partial charge on any atom is -0.388 e. The smallest absolute Gasteiger partial charge is 0.297 e. The first kappa shape index (κ1) is 21.0. The van der Waals surface area contributed by atoms with Crippen LogP contribution in [0.1, 0.15) is 19.4 Å². The van der Waals surface area contributed by atoms with Crippen molar-refractivity contribution in [3.63, 3.8) is 0 Å². The lowest BCUT2D eigenvalue weighted by Crippen LogP contribution is -2.41. The molecule has 2 aliphatic rings. The minimum atomic E-state index is -4.03. The van der Waals surface area contributed by atoms with E-state index in [4.69, 9.17) is 23.9 Å². The first-order valence-corrected chi connectivity index (χ1v) is 10.2. The van der Waals surface area contributed by atoms with Crippen molar-refractivity contribution in [3.8, 4) is 0 Å². The van der Waals surface area contributed by atoms with Gasteiger partial charge in [0.1, 0.15) is 12.2 Å². The van der Waals surface area contributed by atoms with E-state index in [1.165, 1.54) is 12.1 Å². The number of rotatable bonds is 7. The molecule has 11 heteroatoms. The third-order valence-electron chi connectivity index (χ3n) is 4.66. The van der Waals surface area contributed by atoms with Gasteiger partial charge in [0.05, 0.1) is 17.6 Å². The van der Waals surface area contributed by atoms with E-state index in [2.05, 4.69) is 10.0 Å². The molecule has 2 heterocycles. The third kappa shape index (κ3) is 4.47. The number of azide groups is 1. The second-order valence-electron chi connectivity index (χ2n) is 7.27. The number of aliphatic hydroxyl groups excluding tert-OH is 1. The number of nitrogens with zero attached hydrogens (tertiary/aromatic N) is 3. The van der Waals surface area contributed by atoms with Crippen molar-refractivity contribution in [2.45, 2.75) is 56.1 Å². The van der Waals surface area contributed by atoms with E-state index in [9.17, 15) is 13.5 Å². The molecular formula is C17H23N3O7S. The summed E-state index contributed by atoms with van der Waals surface area (Å²) in [4.78, 5) is 2.73. The van der Waals surface area contributed by atoms with Gasteiger partial charge in [-0.05, 0) is 38.4 Å². The van der Waals surface area contributed by atoms with Gasteiger partial charge in [0.15, 0.2) is 12.1 Å². The summed E-state index contributed by atoms with van der Waals surface area (Å²) in [7, 11) is -4.03. The molecule has 0 spiro atoms. The molecular weight excluding hydrogens is 390 g/mol. The van der Waals surface area contributed by atoms with E-state index in [0.29, 0.717) is 0 Å². The molecule has 5 atom stereocenters. The second kappa shape index (κ2) is 7.96. The van der Waals surface area contributed by atoms with Gasteiger partial charge in [0.2, 0.25) is 0 Å². The van der Waals surface area contributed by atoms with Crippen LogP contribution in [0.3, 0.4) is 0 Å². The van der Waals surface area contributed by atoms with E-state index in [0.717, 1.165) is 5.56 Å². The quantitative estimate of drug-likeness (QED) is 0.311. The van der Waals surface area contributed by atoms with Crippen LogP contribution in [0, 0.1) is 12.8 Å². The van der Waals surface area contributed by atoms with Crippen LogP contribution < -0.4 is 0 Å². The number of fused-ring (bicyclic) bond motifs is 1. The average molecular weight is 413 g/mol. The average Bonchev–Trinajstić information content (AvgIpc) is 3.10. The minimum absolute atomic E-state index is 0.00352. The highest BCUT2D eigenvalue weighted by atomic mass is 32.2. The number of aliphatic hydroxyl groups is 1. The van der Waals surface area contributed by atoms with Crippen LogP contribution in [0.15, 0.2) is 34.3 Å². The Labute approximate surface area is 163 Å². The van der Waals surface area contributed by atoms with Gasteiger partial charge in [-0.25, -0.2) is 0 Å². The van der Waals surface area contributed by atoms with Gasteiger partial charge in [-0.2, -0.15) is 8.42 Å². The van der Waals surface area contributed by atoms with Crippen LogP contribution in [0.5, 0.6) is 0 Å². The summed E-state index contributed by atoms with van der Waals surface area (Å²) < 4.78 is 46.8. The fourth-order valence-corrected chi connectivity index (χ4v) is 4.26. The third-order valence-corrected chi connectivity index (χ3v) is 5.96. The van der Waals surface area contributed by atoms with Gasteiger partial charge >= 0.3 is 0 Å². The van der Waals surface area contributed by atoms with E-state index in [1.807, 2.05) is 6.92 Å². The Morgan fingerprint density at radius 2 is 2.00 bits per heavy atom. The van der Waals surface area contributed by atoms with Gasteiger partial charge in [-0.3, -0.25) is 4.18 Å². The molecule has 3 rings (SSSR count). The summed E-state index contributed by atoms with van der Waals surface area (Å²) in [6.45, 7) is 4.77. The highest BCUT2D eigenvalue weighted by Crippen LogP contribution is 2.42.